The maximum absolute atomic E-state index is 8.57. The first-order valence-electron chi connectivity index (χ1n) is 3.70. The summed E-state index contributed by atoms with van der Waals surface area (Å²) < 4.78 is 4.77. The highest BCUT2D eigenvalue weighted by Crippen LogP contribution is 2.30. The first-order chi connectivity index (χ1) is 5.61. The molecule has 0 saturated carbocycles. The van der Waals surface area contributed by atoms with Gasteiger partial charge in [-0.15, -0.1) is 11.3 Å². The topological polar surface area (TPSA) is 49.7 Å². The molecule has 0 aliphatic carbocycles. The largest absolute Gasteiger partial charge is 0.707 e. The van der Waals surface area contributed by atoms with Crippen LogP contribution in [0.25, 0.3) is 0 Å². The molecular formula is C7H11BO3S. The summed E-state index contributed by atoms with van der Waals surface area (Å²) in [6, 6.07) is 0. The van der Waals surface area contributed by atoms with E-state index in [0.717, 1.165) is 5.56 Å². The van der Waals surface area contributed by atoms with Crippen LogP contribution in [-0.4, -0.2) is 17.4 Å². The summed E-state index contributed by atoms with van der Waals surface area (Å²) in [5.41, 5.74) is 1.01. The lowest BCUT2D eigenvalue weighted by Gasteiger charge is -2.07. The molecule has 0 saturated heterocycles. The Kier molecular flexibility index (Phi) is 3.14. The number of hydrogen-bond acceptors (Lipinski definition) is 4. The van der Waals surface area contributed by atoms with E-state index < -0.39 is 7.32 Å². The quantitative estimate of drug-likeness (QED) is 0.697. The molecule has 12 heavy (non-hydrogen) atoms. The van der Waals surface area contributed by atoms with Crippen LogP contribution in [0.15, 0.2) is 10.8 Å². The fraction of sp³-hybridized carbons (Fsp3) is 0.429. The molecule has 0 atom stereocenters. The Hall–Kier alpha value is -0.515. The predicted molar refractivity (Wildman–Crippen MR) is 49.2 cm³/mol. The summed E-state index contributed by atoms with van der Waals surface area (Å²) >= 11 is 1.49. The predicted octanol–water partition coefficient (Wildman–Crippen LogP) is 1.22. The van der Waals surface area contributed by atoms with Crippen LogP contribution in [0, 0.1) is 0 Å². The lowest BCUT2D eigenvalue weighted by atomic mass is 10.1. The monoisotopic (exact) mass is 186 g/mol. The van der Waals surface area contributed by atoms with Gasteiger partial charge in [0.2, 0.25) is 0 Å². The second kappa shape index (κ2) is 3.93. The Morgan fingerprint density at radius 2 is 2.08 bits per heavy atom. The fourth-order valence-corrected chi connectivity index (χ4v) is 1.84. The molecule has 0 amide bonds. The van der Waals surface area contributed by atoms with Crippen LogP contribution in [-0.2, 0) is 0 Å². The summed E-state index contributed by atoms with van der Waals surface area (Å²) in [5, 5.41) is 20.8. The molecule has 1 rings (SSSR count). The Morgan fingerprint density at radius 1 is 1.42 bits per heavy atom. The van der Waals surface area contributed by atoms with E-state index in [4.69, 9.17) is 14.7 Å². The van der Waals surface area contributed by atoms with Gasteiger partial charge in [0.1, 0.15) is 5.75 Å². The molecular weight excluding hydrogens is 175 g/mol. The number of rotatable bonds is 3. The van der Waals surface area contributed by atoms with E-state index in [-0.39, 0.29) is 0 Å². The van der Waals surface area contributed by atoms with Crippen molar-refractivity contribution >= 4 is 18.7 Å². The maximum atomic E-state index is 8.57. The summed E-state index contributed by atoms with van der Waals surface area (Å²) in [7, 11) is -1.72. The van der Waals surface area contributed by atoms with E-state index in [2.05, 4.69) is 0 Å². The molecule has 3 nitrogen and oxygen atoms in total. The number of thiophene rings is 1. The third-order valence-corrected chi connectivity index (χ3v) is 2.25. The van der Waals surface area contributed by atoms with Crippen molar-refractivity contribution < 1.29 is 14.7 Å². The molecule has 0 unspecified atom stereocenters. The Labute approximate surface area is 75.8 Å². The van der Waals surface area contributed by atoms with Gasteiger partial charge in [-0.25, -0.2) is 0 Å². The van der Waals surface area contributed by atoms with Crippen LogP contribution in [0.3, 0.4) is 0 Å². The average molecular weight is 186 g/mol. The van der Waals surface area contributed by atoms with E-state index in [9.17, 15) is 0 Å². The summed E-state index contributed by atoms with van der Waals surface area (Å²) in [5.74, 6) is 0.898. The third kappa shape index (κ3) is 2.23. The lowest BCUT2D eigenvalue weighted by molar-refractivity contribution is 0.287. The highest BCUT2D eigenvalue weighted by atomic mass is 32.1. The van der Waals surface area contributed by atoms with Gasteiger partial charge in [0.15, 0.2) is 0 Å². The Bertz CT molecular complexity index is 247. The van der Waals surface area contributed by atoms with Crippen LogP contribution >= 0.6 is 11.3 Å². The van der Waals surface area contributed by atoms with Gasteiger partial charge in [-0.05, 0) is 11.3 Å². The van der Waals surface area contributed by atoms with E-state index in [0.29, 0.717) is 11.7 Å². The highest BCUT2D eigenvalue weighted by molar-refractivity contribution is 7.08. The molecule has 0 radical (unpaired) electrons. The minimum atomic E-state index is -1.72. The van der Waals surface area contributed by atoms with Gasteiger partial charge in [-0.2, -0.15) is 0 Å². The minimum Gasteiger partial charge on any atom is -0.511 e. The molecule has 0 aromatic carbocycles. The van der Waals surface area contributed by atoms with Crippen molar-refractivity contribution in [1.82, 2.24) is 0 Å². The van der Waals surface area contributed by atoms with Gasteiger partial charge in [0.25, 0.3) is 0 Å². The molecule has 0 spiro atoms. The summed E-state index contributed by atoms with van der Waals surface area (Å²) in [6.07, 6.45) is 0. The van der Waals surface area contributed by atoms with Gasteiger partial charge < -0.3 is 14.7 Å². The van der Waals surface area contributed by atoms with E-state index in [1.807, 2.05) is 19.2 Å². The SMILES string of the molecule is CC(C)c1cscc1OB(O)O. The van der Waals surface area contributed by atoms with E-state index in [1.165, 1.54) is 11.3 Å². The number of hydrogen-bond donors (Lipinski definition) is 2. The normalized spacial score (nSPS) is 10.4. The standard InChI is InChI=1S/C7H11BO3S/c1-5(2)6-3-12-4-7(6)11-8(9)10/h3-5,9-10H,1-2H3. The first kappa shape index (κ1) is 9.57. The average Bonchev–Trinajstić information content (AvgIpc) is 2.33. The summed E-state index contributed by atoms with van der Waals surface area (Å²) in [4.78, 5) is 0. The molecule has 0 aliphatic rings. The minimum absolute atomic E-state index is 0.338. The molecule has 5 heteroatoms. The Morgan fingerprint density at radius 3 is 2.58 bits per heavy atom. The smallest absolute Gasteiger partial charge is 0.511 e. The first-order valence-corrected chi connectivity index (χ1v) is 4.64. The van der Waals surface area contributed by atoms with Crippen molar-refractivity contribution in [3.8, 4) is 5.75 Å². The summed E-state index contributed by atoms with van der Waals surface area (Å²) in [6.45, 7) is 4.05. The Balaban J connectivity index is 2.77. The van der Waals surface area contributed by atoms with Gasteiger partial charge in [0, 0.05) is 10.9 Å². The zero-order valence-electron chi connectivity index (χ0n) is 7.02. The van der Waals surface area contributed by atoms with Crippen LogP contribution in [0.1, 0.15) is 25.3 Å². The van der Waals surface area contributed by atoms with Gasteiger partial charge in [0.05, 0.1) is 0 Å². The van der Waals surface area contributed by atoms with Crippen molar-refractivity contribution in [3.05, 3.63) is 16.3 Å². The van der Waals surface area contributed by atoms with Crippen LogP contribution in [0.5, 0.6) is 5.75 Å². The maximum Gasteiger partial charge on any atom is 0.707 e. The van der Waals surface area contributed by atoms with Crippen LogP contribution < -0.4 is 4.65 Å². The van der Waals surface area contributed by atoms with Crippen molar-refractivity contribution in [3.63, 3.8) is 0 Å². The molecule has 0 fully saturated rings. The second-order valence-corrected chi connectivity index (χ2v) is 3.53. The molecule has 66 valence electrons. The van der Waals surface area contributed by atoms with Crippen molar-refractivity contribution in [2.45, 2.75) is 19.8 Å². The van der Waals surface area contributed by atoms with Crippen LogP contribution in [0.4, 0.5) is 0 Å². The van der Waals surface area contributed by atoms with E-state index in [1.54, 1.807) is 5.38 Å². The van der Waals surface area contributed by atoms with Gasteiger partial charge in [-0.1, -0.05) is 13.8 Å². The molecule has 1 aromatic heterocycles. The lowest BCUT2D eigenvalue weighted by Crippen LogP contribution is -2.20. The molecule has 0 aliphatic heterocycles. The van der Waals surface area contributed by atoms with E-state index >= 15 is 0 Å². The molecule has 1 heterocycles. The molecule has 0 bridgehead atoms. The van der Waals surface area contributed by atoms with Crippen molar-refractivity contribution in [1.29, 1.82) is 0 Å². The highest BCUT2D eigenvalue weighted by Gasteiger charge is 2.16. The van der Waals surface area contributed by atoms with Crippen molar-refractivity contribution in [2.75, 3.05) is 0 Å². The van der Waals surface area contributed by atoms with Gasteiger partial charge in [-0.3, -0.25) is 0 Å². The van der Waals surface area contributed by atoms with Crippen molar-refractivity contribution in [2.24, 2.45) is 0 Å². The van der Waals surface area contributed by atoms with Gasteiger partial charge >= 0.3 is 7.32 Å². The third-order valence-electron chi connectivity index (χ3n) is 1.51. The zero-order chi connectivity index (χ0) is 9.14. The van der Waals surface area contributed by atoms with Crippen LogP contribution in [0.2, 0.25) is 0 Å². The molecule has 2 N–H and O–H groups in total. The zero-order valence-corrected chi connectivity index (χ0v) is 7.84. The second-order valence-electron chi connectivity index (χ2n) is 2.79. The fourth-order valence-electron chi connectivity index (χ4n) is 0.925. The molecule has 1 aromatic rings.